The van der Waals surface area contributed by atoms with Crippen molar-refractivity contribution in [3.63, 3.8) is 0 Å². The van der Waals surface area contributed by atoms with Gasteiger partial charge in [0.2, 0.25) is 5.91 Å². The lowest BCUT2D eigenvalue weighted by Crippen LogP contribution is -2.51. The van der Waals surface area contributed by atoms with Crippen LogP contribution in [0.25, 0.3) is 0 Å². The highest BCUT2D eigenvalue weighted by Gasteiger charge is 2.36. The third kappa shape index (κ3) is 2.82. The topological polar surface area (TPSA) is 62.3 Å². The zero-order valence-corrected chi connectivity index (χ0v) is 13.2. The summed E-state index contributed by atoms with van der Waals surface area (Å²) in [5, 5.41) is 2.89. The average Bonchev–Trinajstić information content (AvgIpc) is 2.56. The van der Waals surface area contributed by atoms with E-state index in [-0.39, 0.29) is 11.8 Å². The van der Waals surface area contributed by atoms with E-state index in [1.807, 2.05) is 38.1 Å². The first-order chi connectivity index (χ1) is 11.1. The molecule has 2 heterocycles. The molecule has 1 aromatic heterocycles. The van der Waals surface area contributed by atoms with Crippen molar-refractivity contribution in [3.8, 4) is 0 Å². The Labute approximate surface area is 135 Å². The monoisotopic (exact) mass is 309 g/mol. The van der Waals surface area contributed by atoms with Crippen LogP contribution >= 0.6 is 0 Å². The minimum Gasteiger partial charge on any atom is -0.322 e. The van der Waals surface area contributed by atoms with Gasteiger partial charge in [-0.3, -0.25) is 19.5 Å². The molecule has 0 fully saturated rings. The Hall–Kier alpha value is -2.69. The van der Waals surface area contributed by atoms with Gasteiger partial charge < -0.3 is 5.32 Å². The van der Waals surface area contributed by atoms with Gasteiger partial charge in [0.05, 0.1) is 16.9 Å². The van der Waals surface area contributed by atoms with Crippen molar-refractivity contribution in [1.82, 2.24) is 4.98 Å². The lowest BCUT2D eigenvalue weighted by atomic mass is 10.0. The van der Waals surface area contributed by atoms with Crippen LogP contribution < -0.4 is 10.2 Å². The van der Waals surface area contributed by atoms with Gasteiger partial charge in [0, 0.05) is 11.9 Å². The van der Waals surface area contributed by atoms with Gasteiger partial charge in [0.1, 0.15) is 6.04 Å². The van der Waals surface area contributed by atoms with Crippen LogP contribution in [0.1, 0.15) is 35.8 Å². The highest BCUT2D eigenvalue weighted by molar-refractivity contribution is 6.16. The first kappa shape index (κ1) is 15.2. The second-order valence-electron chi connectivity index (χ2n) is 5.67. The smallest absolute Gasteiger partial charge is 0.260 e. The number of rotatable bonds is 3. The largest absolute Gasteiger partial charge is 0.322 e. The molecular formula is C18H19N3O2. The number of aryl methyl sites for hydroxylation is 1. The highest BCUT2D eigenvalue weighted by atomic mass is 16.2. The number of hydrogen-bond donors (Lipinski definition) is 1. The van der Waals surface area contributed by atoms with E-state index in [1.165, 1.54) is 0 Å². The van der Waals surface area contributed by atoms with Gasteiger partial charge in [-0.1, -0.05) is 25.5 Å². The van der Waals surface area contributed by atoms with E-state index >= 15 is 0 Å². The molecule has 1 aromatic carbocycles. The Kier molecular flexibility index (Phi) is 4.10. The standard InChI is InChI=1S/C18H19N3O2/c1-3-6-16-17(22)20-14-7-4-5-8-15(14)21(16)18(23)13-10-9-12(2)19-11-13/h4-5,7-11,16H,3,6H2,1-2H3,(H,20,22). The summed E-state index contributed by atoms with van der Waals surface area (Å²) in [7, 11) is 0. The maximum atomic E-state index is 13.0. The van der Waals surface area contributed by atoms with E-state index in [9.17, 15) is 9.59 Å². The second kappa shape index (κ2) is 6.20. The fourth-order valence-electron chi connectivity index (χ4n) is 2.81. The van der Waals surface area contributed by atoms with Gasteiger partial charge in [0.25, 0.3) is 5.91 Å². The fraction of sp³-hybridized carbons (Fsp3) is 0.278. The summed E-state index contributed by atoms with van der Waals surface area (Å²) < 4.78 is 0. The number of carbonyl (C=O) groups excluding carboxylic acids is 2. The molecule has 1 aliphatic heterocycles. The van der Waals surface area contributed by atoms with Gasteiger partial charge in [-0.05, 0) is 37.6 Å². The molecule has 23 heavy (non-hydrogen) atoms. The van der Waals surface area contributed by atoms with E-state index in [4.69, 9.17) is 0 Å². The molecule has 3 rings (SSSR count). The minimum atomic E-state index is -0.497. The number of anilines is 2. The Bertz CT molecular complexity index is 740. The van der Waals surface area contributed by atoms with E-state index in [1.54, 1.807) is 23.2 Å². The molecule has 0 bridgehead atoms. The maximum absolute atomic E-state index is 13.0. The Balaban J connectivity index is 2.06. The molecule has 1 aliphatic rings. The van der Waals surface area contributed by atoms with Crippen LogP contribution in [0.15, 0.2) is 42.6 Å². The van der Waals surface area contributed by atoms with Crippen molar-refractivity contribution in [2.24, 2.45) is 0 Å². The third-order valence-electron chi connectivity index (χ3n) is 3.98. The van der Waals surface area contributed by atoms with Gasteiger partial charge in [0.15, 0.2) is 0 Å². The SMILES string of the molecule is CCCC1C(=O)Nc2ccccc2N1C(=O)c1ccc(C)nc1. The Morgan fingerprint density at radius 3 is 2.74 bits per heavy atom. The molecule has 1 N–H and O–H groups in total. The number of carbonyl (C=O) groups is 2. The maximum Gasteiger partial charge on any atom is 0.260 e. The number of aromatic nitrogens is 1. The average molecular weight is 309 g/mol. The van der Waals surface area contributed by atoms with Crippen molar-refractivity contribution in [1.29, 1.82) is 0 Å². The molecule has 5 heteroatoms. The van der Waals surface area contributed by atoms with Crippen LogP contribution in [0.2, 0.25) is 0 Å². The summed E-state index contributed by atoms with van der Waals surface area (Å²) >= 11 is 0. The predicted octanol–water partition coefficient (Wildman–Crippen LogP) is 3.16. The molecule has 0 spiro atoms. The van der Waals surface area contributed by atoms with Crippen molar-refractivity contribution in [2.75, 3.05) is 10.2 Å². The van der Waals surface area contributed by atoms with Gasteiger partial charge in [-0.15, -0.1) is 0 Å². The molecule has 2 amide bonds. The summed E-state index contributed by atoms with van der Waals surface area (Å²) in [6, 6.07) is 10.4. The zero-order chi connectivity index (χ0) is 16.4. The first-order valence-corrected chi connectivity index (χ1v) is 7.78. The Morgan fingerprint density at radius 1 is 1.26 bits per heavy atom. The van der Waals surface area contributed by atoms with E-state index in [0.717, 1.165) is 17.8 Å². The molecule has 2 aromatic rings. The number of amides is 2. The van der Waals surface area contributed by atoms with Gasteiger partial charge >= 0.3 is 0 Å². The van der Waals surface area contributed by atoms with Gasteiger partial charge in [-0.2, -0.15) is 0 Å². The van der Waals surface area contributed by atoms with E-state index in [2.05, 4.69) is 10.3 Å². The summed E-state index contributed by atoms with van der Waals surface area (Å²) in [5.74, 6) is -0.336. The summed E-state index contributed by atoms with van der Waals surface area (Å²) in [6.07, 6.45) is 3.00. The normalized spacial score (nSPS) is 16.7. The highest BCUT2D eigenvalue weighted by Crippen LogP contribution is 2.34. The van der Waals surface area contributed by atoms with Crippen LogP contribution in [0, 0.1) is 6.92 Å². The lowest BCUT2D eigenvalue weighted by Gasteiger charge is -2.36. The molecule has 1 atom stereocenters. The van der Waals surface area contributed by atoms with Crippen LogP contribution in [-0.2, 0) is 4.79 Å². The number of nitrogens with one attached hydrogen (secondary N) is 1. The van der Waals surface area contributed by atoms with Crippen LogP contribution in [0.5, 0.6) is 0 Å². The zero-order valence-electron chi connectivity index (χ0n) is 13.2. The van der Waals surface area contributed by atoms with Crippen LogP contribution in [0.3, 0.4) is 0 Å². The van der Waals surface area contributed by atoms with Crippen molar-refractivity contribution >= 4 is 23.2 Å². The van der Waals surface area contributed by atoms with E-state index in [0.29, 0.717) is 17.7 Å². The predicted molar refractivity (Wildman–Crippen MR) is 89.6 cm³/mol. The number of benzene rings is 1. The second-order valence-corrected chi connectivity index (χ2v) is 5.67. The molecule has 118 valence electrons. The molecular weight excluding hydrogens is 290 g/mol. The van der Waals surface area contributed by atoms with E-state index < -0.39 is 6.04 Å². The Morgan fingerprint density at radius 2 is 2.04 bits per heavy atom. The summed E-state index contributed by atoms with van der Waals surface area (Å²) in [4.78, 5) is 31.2. The number of nitrogens with zero attached hydrogens (tertiary/aromatic N) is 2. The number of fused-ring (bicyclic) bond motifs is 1. The summed E-state index contributed by atoms with van der Waals surface area (Å²) in [6.45, 7) is 3.88. The molecule has 0 saturated heterocycles. The molecule has 0 aliphatic carbocycles. The molecule has 0 radical (unpaired) electrons. The van der Waals surface area contributed by atoms with Crippen molar-refractivity contribution < 1.29 is 9.59 Å². The first-order valence-electron chi connectivity index (χ1n) is 7.78. The number of pyridine rings is 1. The van der Waals surface area contributed by atoms with Gasteiger partial charge in [-0.25, -0.2) is 0 Å². The van der Waals surface area contributed by atoms with Crippen LogP contribution in [0.4, 0.5) is 11.4 Å². The molecule has 1 unspecified atom stereocenters. The fourth-order valence-corrected chi connectivity index (χ4v) is 2.81. The minimum absolute atomic E-state index is 0.140. The third-order valence-corrected chi connectivity index (χ3v) is 3.98. The molecule has 0 saturated carbocycles. The number of hydrogen-bond acceptors (Lipinski definition) is 3. The summed E-state index contributed by atoms with van der Waals surface area (Å²) in [5.41, 5.74) is 2.74. The quantitative estimate of drug-likeness (QED) is 0.947. The number of para-hydroxylation sites is 2. The lowest BCUT2D eigenvalue weighted by molar-refractivity contribution is -0.117. The van der Waals surface area contributed by atoms with Crippen LogP contribution in [-0.4, -0.2) is 22.8 Å². The van der Waals surface area contributed by atoms with Crippen molar-refractivity contribution in [3.05, 3.63) is 53.9 Å². The molecule has 5 nitrogen and oxygen atoms in total. The van der Waals surface area contributed by atoms with Crippen molar-refractivity contribution in [2.45, 2.75) is 32.7 Å².